The van der Waals surface area contributed by atoms with Gasteiger partial charge in [0.15, 0.2) is 0 Å². The van der Waals surface area contributed by atoms with Crippen LogP contribution in [0.3, 0.4) is 0 Å². The van der Waals surface area contributed by atoms with Gasteiger partial charge in [0.05, 0.1) is 0 Å². The summed E-state index contributed by atoms with van der Waals surface area (Å²) in [6, 6.07) is 15.7. The van der Waals surface area contributed by atoms with Crippen molar-refractivity contribution < 1.29 is 0 Å². The average Bonchev–Trinajstić information content (AvgIpc) is 2.41. The van der Waals surface area contributed by atoms with Crippen LogP contribution < -0.4 is 5.73 Å². The summed E-state index contributed by atoms with van der Waals surface area (Å²) in [5.41, 5.74) is 8.75. The Labute approximate surface area is 122 Å². The van der Waals surface area contributed by atoms with Crippen LogP contribution in [0.1, 0.15) is 16.7 Å². The summed E-state index contributed by atoms with van der Waals surface area (Å²) in [7, 11) is 0. The normalized spacial score (nSPS) is 10.4. The van der Waals surface area contributed by atoms with Gasteiger partial charge in [-0.1, -0.05) is 48.0 Å². The number of thioether (sulfide) groups is 1. The van der Waals surface area contributed by atoms with Crippen LogP contribution in [-0.2, 0) is 11.5 Å². The van der Waals surface area contributed by atoms with E-state index in [-0.39, 0.29) is 5.84 Å². The second-order valence-electron chi connectivity index (χ2n) is 4.19. The quantitative estimate of drug-likeness (QED) is 0.644. The molecule has 0 spiro atoms. The summed E-state index contributed by atoms with van der Waals surface area (Å²) in [4.78, 5) is 0. The van der Waals surface area contributed by atoms with Crippen LogP contribution in [0.5, 0.6) is 0 Å². The number of benzene rings is 2. The molecule has 2 aromatic rings. The van der Waals surface area contributed by atoms with Crippen molar-refractivity contribution in [3.63, 3.8) is 0 Å². The zero-order valence-electron chi connectivity index (χ0n) is 10.4. The molecule has 0 amide bonds. The molecule has 0 aliphatic carbocycles. The zero-order chi connectivity index (χ0) is 13.7. The Morgan fingerprint density at radius 1 is 1.05 bits per heavy atom. The second kappa shape index (κ2) is 6.64. The standard InChI is InChI=1S/C15H15ClN2S/c16-13-7-5-11(6-8-13)9-19-10-12-3-1-2-4-14(12)15(17)18/h1-8H,9-10H2,(H3,17,18). The van der Waals surface area contributed by atoms with E-state index in [4.69, 9.17) is 22.7 Å². The van der Waals surface area contributed by atoms with Gasteiger partial charge in [0.1, 0.15) is 5.84 Å². The van der Waals surface area contributed by atoms with E-state index in [2.05, 4.69) is 0 Å². The molecule has 4 heteroatoms. The third-order valence-corrected chi connectivity index (χ3v) is 4.05. The third kappa shape index (κ3) is 4.01. The summed E-state index contributed by atoms with van der Waals surface area (Å²) in [5, 5.41) is 8.31. The van der Waals surface area contributed by atoms with Crippen LogP contribution in [-0.4, -0.2) is 5.84 Å². The van der Waals surface area contributed by atoms with Crippen LogP contribution in [0.25, 0.3) is 0 Å². The molecule has 19 heavy (non-hydrogen) atoms. The Morgan fingerprint density at radius 3 is 2.42 bits per heavy atom. The third-order valence-electron chi connectivity index (χ3n) is 2.75. The number of hydrogen-bond donors (Lipinski definition) is 2. The Bertz CT molecular complexity index is 567. The summed E-state index contributed by atoms with van der Waals surface area (Å²) in [5.74, 6) is 1.89. The second-order valence-corrected chi connectivity index (χ2v) is 5.61. The molecular formula is C15H15ClN2S. The maximum absolute atomic E-state index is 7.55. The van der Waals surface area contributed by atoms with Crippen molar-refractivity contribution in [1.82, 2.24) is 0 Å². The largest absolute Gasteiger partial charge is 0.384 e. The monoisotopic (exact) mass is 290 g/mol. The summed E-state index contributed by atoms with van der Waals surface area (Å²) >= 11 is 7.65. The highest BCUT2D eigenvalue weighted by atomic mass is 35.5. The number of hydrogen-bond acceptors (Lipinski definition) is 2. The molecule has 0 aliphatic rings. The molecule has 2 rings (SSSR count). The first kappa shape index (κ1) is 14.0. The molecule has 0 aromatic heterocycles. The molecule has 98 valence electrons. The highest BCUT2D eigenvalue weighted by Crippen LogP contribution is 2.21. The molecule has 2 aromatic carbocycles. The Balaban J connectivity index is 1.96. The van der Waals surface area contributed by atoms with Crippen molar-refractivity contribution in [3.05, 3.63) is 70.2 Å². The van der Waals surface area contributed by atoms with E-state index >= 15 is 0 Å². The number of halogens is 1. The highest BCUT2D eigenvalue weighted by Gasteiger charge is 2.04. The van der Waals surface area contributed by atoms with E-state index in [9.17, 15) is 0 Å². The predicted molar refractivity (Wildman–Crippen MR) is 83.9 cm³/mol. The lowest BCUT2D eigenvalue weighted by Crippen LogP contribution is -2.13. The van der Waals surface area contributed by atoms with E-state index < -0.39 is 0 Å². The molecule has 0 aliphatic heterocycles. The highest BCUT2D eigenvalue weighted by molar-refractivity contribution is 7.97. The van der Waals surface area contributed by atoms with Crippen molar-refractivity contribution in [3.8, 4) is 0 Å². The number of nitrogens with two attached hydrogens (primary N) is 1. The van der Waals surface area contributed by atoms with E-state index in [0.717, 1.165) is 27.7 Å². The SMILES string of the molecule is N=C(N)c1ccccc1CSCc1ccc(Cl)cc1. The molecule has 0 atom stereocenters. The zero-order valence-corrected chi connectivity index (χ0v) is 12.0. The fourth-order valence-electron chi connectivity index (χ4n) is 1.77. The minimum Gasteiger partial charge on any atom is -0.384 e. The number of amidine groups is 1. The lowest BCUT2D eigenvalue weighted by molar-refractivity contribution is 1.32. The van der Waals surface area contributed by atoms with Crippen molar-refractivity contribution >= 4 is 29.2 Å². The van der Waals surface area contributed by atoms with Gasteiger partial charge >= 0.3 is 0 Å². The Kier molecular flexibility index (Phi) is 4.88. The van der Waals surface area contributed by atoms with Gasteiger partial charge in [-0.2, -0.15) is 11.8 Å². The number of nitrogens with one attached hydrogen (secondary N) is 1. The van der Waals surface area contributed by atoms with Crippen LogP contribution in [0, 0.1) is 5.41 Å². The lowest BCUT2D eigenvalue weighted by atomic mass is 10.1. The van der Waals surface area contributed by atoms with E-state index in [1.165, 1.54) is 5.56 Å². The molecule has 0 radical (unpaired) electrons. The van der Waals surface area contributed by atoms with Crippen LogP contribution >= 0.6 is 23.4 Å². The molecule has 0 unspecified atom stereocenters. The first-order valence-corrected chi connectivity index (χ1v) is 7.44. The maximum atomic E-state index is 7.55. The van der Waals surface area contributed by atoms with Gasteiger partial charge in [0, 0.05) is 22.1 Å². The van der Waals surface area contributed by atoms with Gasteiger partial charge in [-0.05, 0) is 23.3 Å². The summed E-state index contributed by atoms with van der Waals surface area (Å²) in [6.07, 6.45) is 0. The predicted octanol–water partition coefficient (Wildman–Crippen LogP) is 4.06. The van der Waals surface area contributed by atoms with Crippen LogP contribution in [0.2, 0.25) is 5.02 Å². The van der Waals surface area contributed by atoms with Crippen molar-refractivity contribution in [2.75, 3.05) is 0 Å². The lowest BCUT2D eigenvalue weighted by Gasteiger charge is -2.07. The summed E-state index contributed by atoms with van der Waals surface area (Å²) < 4.78 is 0. The first-order chi connectivity index (χ1) is 9.16. The van der Waals surface area contributed by atoms with Crippen molar-refractivity contribution in [2.24, 2.45) is 5.73 Å². The van der Waals surface area contributed by atoms with Gasteiger partial charge in [-0.25, -0.2) is 0 Å². The minimum absolute atomic E-state index is 0.127. The minimum atomic E-state index is 0.127. The molecule has 0 saturated heterocycles. The first-order valence-electron chi connectivity index (χ1n) is 5.91. The van der Waals surface area contributed by atoms with E-state index in [1.807, 2.05) is 48.5 Å². The van der Waals surface area contributed by atoms with Gasteiger partial charge in [0.25, 0.3) is 0 Å². The molecule has 3 N–H and O–H groups in total. The van der Waals surface area contributed by atoms with Gasteiger partial charge in [-0.15, -0.1) is 0 Å². The van der Waals surface area contributed by atoms with Crippen molar-refractivity contribution in [1.29, 1.82) is 5.41 Å². The molecule has 0 heterocycles. The molecular weight excluding hydrogens is 276 g/mol. The Hall–Kier alpha value is -1.45. The average molecular weight is 291 g/mol. The number of nitrogen functional groups attached to an aromatic ring is 1. The molecule has 0 fully saturated rings. The van der Waals surface area contributed by atoms with E-state index in [1.54, 1.807) is 11.8 Å². The fraction of sp³-hybridized carbons (Fsp3) is 0.133. The van der Waals surface area contributed by atoms with Crippen LogP contribution in [0.4, 0.5) is 0 Å². The van der Waals surface area contributed by atoms with Gasteiger partial charge < -0.3 is 5.73 Å². The van der Waals surface area contributed by atoms with Gasteiger partial charge in [-0.3, -0.25) is 5.41 Å². The smallest absolute Gasteiger partial charge is 0.123 e. The Morgan fingerprint density at radius 2 is 1.74 bits per heavy atom. The molecule has 2 nitrogen and oxygen atoms in total. The molecule has 0 bridgehead atoms. The maximum Gasteiger partial charge on any atom is 0.123 e. The summed E-state index contributed by atoms with van der Waals surface area (Å²) in [6.45, 7) is 0. The number of rotatable bonds is 5. The van der Waals surface area contributed by atoms with E-state index in [0.29, 0.717) is 0 Å². The van der Waals surface area contributed by atoms with Crippen LogP contribution in [0.15, 0.2) is 48.5 Å². The topological polar surface area (TPSA) is 49.9 Å². The fourth-order valence-corrected chi connectivity index (χ4v) is 2.90. The van der Waals surface area contributed by atoms with Gasteiger partial charge in [0.2, 0.25) is 0 Å². The molecule has 0 saturated carbocycles. The van der Waals surface area contributed by atoms with Crippen molar-refractivity contribution in [2.45, 2.75) is 11.5 Å².